The van der Waals surface area contributed by atoms with Crippen molar-refractivity contribution in [3.05, 3.63) is 29.2 Å². The molecule has 0 aliphatic rings. The Morgan fingerprint density at radius 3 is 2.93 bits per heavy atom. The lowest BCUT2D eigenvalue weighted by molar-refractivity contribution is 0.786. The molecule has 0 aliphatic heterocycles. The maximum absolute atomic E-state index is 5.47. The van der Waals surface area contributed by atoms with Crippen LogP contribution in [0.15, 0.2) is 12.3 Å². The van der Waals surface area contributed by atoms with Gasteiger partial charge in [0.05, 0.1) is 5.69 Å². The summed E-state index contributed by atoms with van der Waals surface area (Å²) in [5.41, 5.74) is 9.68. The number of nitrogens with two attached hydrogens (primary N) is 1. The molecule has 0 amide bonds. The van der Waals surface area contributed by atoms with E-state index >= 15 is 0 Å². The Kier molecular flexibility index (Phi) is 2.68. The van der Waals surface area contributed by atoms with E-state index in [4.69, 9.17) is 5.73 Å². The lowest BCUT2D eigenvalue weighted by Crippen LogP contribution is -2.00. The first-order valence-electron chi connectivity index (χ1n) is 5.23. The van der Waals surface area contributed by atoms with E-state index in [1.54, 1.807) is 0 Å². The van der Waals surface area contributed by atoms with Crippen LogP contribution < -0.4 is 5.73 Å². The minimum Gasteiger partial charge on any atom is -0.330 e. The molecule has 0 aliphatic carbocycles. The first kappa shape index (κ1) is 10.1. The van der Waals surface area contributed by atoms with E-state index in [0.29, 0.717) is 6.54 Å². The molecule has 80 valence electrons. The predicted molar refractivity (Wildman–Crippen MR) is 59.8 cm³/mol. The summed E-state index contributed by atoms with van der Waals surface area (Å²) in [6.07, 6.45) is 3.92. The standard InChI is InChI=1S/C11H16N4/c1-8-7-15-11(13-9(8)2)6-10(14-15)4-3-5-12/h6-7H,3-5,12H2,1-2H3. The molecule has 0 fully saturated rings. The second-order valence-electron chi connectivity index (χ2n) is 3.84. The normalized spacial score (nSPS) is 11.1. The van der Waals surface area contributed by atoms with Gasteiger partial charge in [0.2, 0.25) is 0 Å². The zero-order chi connectivity index (χ0) is 10.8. The van der Waals surface area contributed by atoms with Crippen LogP contribution in [-0.2, 0) is 6.42 Å². The van der Waals surface area contributed by atoms with Crippen molar-refractivity contribution < 1.29 is 0 Å². The van der Waals surface area contributed by atoms with Gasteiger partial charge in [0.1, 0.15) is 0 Å². The van der Waals surface area contributed by atoms with Crippen molar-refractivity contribution in [2.45, 2.75) is 26.7 Å². The average Bonchev–Trinajstić information content (AvgIpc) is 2.58. The molecule has 0 spiro atoms. The zero-order valence-electron chi connectivity index (χ0n) is 9.20. The summed E-state index contributed by atoms with van der Waals surface area (Å²) in [7, 11) is 0. The van der Waals surface area contributed by atoms with Gasteiger partial charge < -0.3 is 5.73 Å². The minimum absolute atomic E-state index is 0.708. The van der Waals surface area contributed by atoms with E-state index in [2.05, 4.69) is 10.1 Å². The van der Waals surface area contributed by atoms with Crippen molar-refractivity contribution in [3.8, 4) is 0 Å². The molecule has 2 N–H and O–H groups in total. The molecule has 4 nitrogen and oxygen atoms in total. The van der Waals surface area contributed by atoms with Crippen molar-refractivity contribution in [1.29, 1.82) is 0 Å². The van der Waals surface area contributed by atoms with Crippen molar-refractivity contribution in [1.82, 2.24) is 14.6 Å². The Bertz CT molecular complexity index is 434. The summed E-state index contributed by atoms with van der Waals surface area (Å²) in [6.45, 7) is 4.77. The molecular formula is C11H16N4. The average molecular weight is 204 g/mol. The predicted octanol–water partition coefficient (Wildman–Crippen LogP) is 1.24. The number of hydrogen-bond acceptors (Lipinski definition) is 3. The van der Waals surface area contributed by atoms with Gasteiger partial charge in [-0.1, -0.05) is 0 Å². The molecule has 2 aromatic heterocycles. The molecule has 2 rings (SSSR count). The van der Waals surface area contributed by atoms with Crippen LogP contribution in [-0.4, -0.2) is 21.1 Å². The molecule has 0 saturated carbocycles. The quantitative estimate of drug-likeness (QED) is 0.818. The van der Waals surface area contributed by atoms with Crippen LogP contribution in [0.2, 0.25) is 0 Å². The van der Waals surface area contributed by atoms with Crippen LogP contribution in [0.25, 0.3) is 5.65 Å². The van der Waals surface area contributed by atoms with Gasteiger partial charge in [0, 0.05) is 18.0 Å². The van der Waals surface area contributed by atoms with Crippen LogP contribution in [0.1, 0.15) is 23.4 Å². The van der Waals surface area contributed by atoms with Gasteiger partial charge in [-0.3, -0.25) is 0 Å². The largest absolute Gasteiger partial charge is 0.330 e. The second kappa shape index (κ2) is 3.98. The van der Waals surface area contributed by atoms with Crippen molar-refractivity contribution >= 4 is 5.65 Å². The van der Waals surface area contributed by atoms with Gasteiger partial charge in [0.25, 0.3) is 0 Å². The molecule has 0 bridgehead atoms. The number of nitrogens with zero attached hydrogens (tertiary/aromatic N) is 3. The van der Waals surface area contributed by atoms with Crippen LogP contribution in [0.3, 0.4) is 0 Å². The maximum Gasteiger partial charge on any atom is 0.155 e. The SMILES string of the molecule is Cc1cn2nc(CCCN)cc2nc1C. The monoisotopic (exact) mass is 204 g/mol. The maximum atomic E-state index is 5.47. The lowest BCUT2D eigenvalue weighted by atomic mass is 10.2. The Hall–Kier alpha value is -1.42. The van der Waals surface area contributed by atoms with E-state index < -0.39 is 0 Å². The lowest BCUT2D eigenvalue weighted by Gasteiger charge is -1.98. The molecule has 0 unspecified atom stereocenters. The summed E-state index contributed by atoms with van der Waals surface area (Å²) >= 11 is 0. The Labute approximate surface area is 89.1 Å². The van der Waals surface area contributed by atoms with Gasteiger partial charge in [0.15, 0.2) is 5.65 Å². The third-order valence-corrected chi connectivity index (χ3v) is 2.57. The van der Waals surface area contributed by atoms with E-state index in [1.807, 2.05) is 30.6 Å². The zero-order valence-corrected chi connectivity index (χ0v) is 9.20. The first-order chi connectivity index (χ1) is 7.20. The number of aryl methyl sites for hydroxylation is 3. The Morgan fingerprint density at radius 1 is 1.40 bits per heavy atom. The third-order valence-electron chi connectivity index (χ3n) is 2.57. The molecular weight excluding hydrogens is 188 g/mol. The summed E-state index contributed by atoms with van der Waals surface area (Å²) in [5.74, 6) is 0. The molecule has 4 heteroatoms. The van der Waals surface area contributed by atoms with Gasteiger partial charge >= 0.3 is 0 Å². The highest BCUT2D eigenvalue weighted by Gasteiger charge is 2.04. The summed E-state index contributed by atoms with van der Waals surface area (Å²) in [4.78, 5) is 4.47. The minimum atomic E-state index is 0.708. The van der Waals surface area contributed by atoms with E-state index in [9.17, 15) is 0 Å². The molecule has 0 atom stereocenters. The van der Waals surface area contributed by atoms with E-state index in [1.165, 1.54) is 0 Å². The van der Waals surface area contributed by atoms with E-state index in [0.717, 1.165) is 35.4 Å². The molecule has 0 radical (unpaired) electrons. The highest BCUT2D eigenvalue weighted by molar-refractivity contribution is 5.41. The molecule has 2 aromatic rings. The van der Waals surface area contributed by atoms with Crippen molar-refractivity contribution in [2.75, 3.05) is 6.54 Å². The first-order valence-corrected chi connectivity index (χ1v) is 5.23. The van der Waals surface area contributed by atoms with Crippen molar-refractivity contribution in [3.63, 3.8) is 0 Å². The second-order valence-corrected chi connectivity index (χ2v) is 3.84. The number of fused-ring (bicyclic) bond motifs is 1. The summed E-state index contributed by atoms with van der Waals surface area (Å²) in [6, 6.07) is 2.03. The topological polar surface area (TPSA) is 56.2 Å². The highest BCUT2D eigenvalue weighted by atomic mass is 15.2. The fourth-order valence-electron chi connectivity index (χ4n) is 1.55. The fraction of sp³-hybridized carbons (Fsp3) is 0.455. The molecule has 15 heavy (non-hydrogen) atoms. The summed E-state index contributed by atoms with van der Waals surface area (Å²) < 4.78 is 1.84. The van der Waals surface area contributed by atoms with Crippen LogP contribution in [0.5, 0.6) is 0 Å². The van der Waals surface area contributed by atoms with Crippen LogP contribution in [0.4, 0.5) is 0 Å². The van der Waals surface area contributed by atoms with E-state index in [-0.39, 0.29) is 0 Å². The number of aromatic nitrogens is 3. The van der Waals surface area contributed by atoms with Crippen LogP contribution in [0, 0.1) is 13.8 Å². The number of hydrogen-bond donors (Lipinski definition) is 1. The third kappa shape index (κ3) is 1.99. The molecule has 0 aromatic carbocycles. The van der Waals surface area contributed by atoms with Crippen molar-refractivity contribution in [2.24, 2.45) is 5.73 Å². The Morgan fingerprint density at radius 2 is 2.20 bits per heavy atom. The summed E-state index contributed by atoms with van der Waals surface area (Å²) in [5, 5.41) is 4.45. The van der Waals surface area contributed by atoms with Gasteiger partial charge in [-0.2, -0.15) is 5.10 Å². The smallest absolute Gasteiger partial charge is 0.155 e. The highest BCUT2D eigenvalue weighted by Crippen LogP contribution is 2.09. The molecule has 2 heterocycles. The Balaban J connectivity index is 2.38. The van der Waals surface area contributed by atoms with Gasteiger partial charge in [-0.05, 0) is 38.8 Å². The van der Waals surface area contributed by atoms with Crippen LogP contribution >= 0.6 is 0 Å². The molecule has 0 saturated heterocycles. The van der Waals surface area contributed by atoms with Gasteiger partial charge in [-0.15, -0.1) is 0 Å². The number of rotatable bonds is 3. The fourth-order valence-corrected chi connectivity index (χ4v) is 1.55. The van der Waals surface area contributed by atoms with Gasteiger partial charge in [-0.25, -0.2) is 9.50 Å².